The summed E-state index contributed by atoms with van der Waals surface area (Å²) in [4.78, 5) is 13.2. The molecule has 17 heavy (non-hydrogen) atoms. The van der Waals surface area contributed by atoms with E-state index in [1.807, 2.05) is 20.8 Å². The van der Waals surface area contributed by atoms with Crippen molar-refractivity contribution in [2.45, 2.75) is 33.9 Å². The summed E-state index contributed by atoms with van der Waals surface area (Å²) in [6.07, 6.45) is 0.367. The molecule has 0 aromatic carbocycles. The molecule has 1 N–H and O–H groups in total. The molecular weight excluding hydrogens is 222 g/mol. The molecule has 1 amide bonds. The van der Waals surface area contributed by atoms with Crippen molar-refractivity contribution in [2.24, 2.45) is 5.41 Å². The van der Waals surface area contributed by atoms with E-state index in [0.29, 0.717) is 5.70 Å². The number of hydrogen-bond donors (Lipinski definition) is 1. The Morgan fingerprint density at radius 3 is 2.71 bits per heavy atom. The minimum absolute atomic E-state index is 0.125. The van der Waals surface area contributed by atoms with Crippen molar-refractivity contribution in [3.8, 4) is 0 Å². The summed E-state index contributed by atoms with van der Waals surface area (Å²) in [6.45, 7) is 10.9. The first-order valence-electron chi connectivity index (χ1n) is 5.42. The van der Waals surface area contributed by atoms with Gasteiger partial charge in [0.25, 0.3) is 5.95 Å². The number of amides is 1. The third kappa shape index (κ3) is 2.72. The number of aliphatic hydroxyl groups excluding tert-OH is 1. The average Bonchev–Trinajstić information content (AvgIpc) is 2.52. The lowest BCUT2D eigenvalue weighted by molar-refractivity contribution is -0.0619. The van der Waals surface area contributed by atoms with Gasteiger partial charge in [0.05, 0.1) is 0 Å². The second-order valence-electron chi connectivity index (χ2n) is 4.96. The van der Waals surface area contributed by atoms with Crippen LogP contribution in [0.3, 0.4) is 0 Å². The van der Waals surface area contributed by atoms with Crippen LogP contribution in [0.2, 0.25) is 0 Å². The van der Waals surface area contributed by atoms with Gasteiger partial charge in [-0.05, 0) is 6.92 Å². The molecule has 0 saturated heterocycles. The smallest absolute Gasteiger partial charge is 0.417 e. The highest BCUT2D eigenvalue weighted by Gasteiger charge is 2.43. The van der Waals surface area contributed by atoms with Gasteiger partial charge in [0.1, 0.15) is 12.3 Å². The molecule has 0 aromatic heterocycles. The lowest BCUT2D eigenvalue weighted by atomic mass is 9.93. The maximum absolute atomic E-state index is 11.8. The van der Waals surface area contributed by atoms with Crippen LogP contribution >= 0.6 is 0 Å². The first kappa shape index (κ1) is 13.4. The second-order valence-corrected chi connectivity index (χ2v) is 4.96. The minimum atomic E-state index is -0.570. The molecule has 0 saturated carbocycles. The molecule has 0 bridgehead atoms. The summed E-state index contributed by atoms with van der Waals surface area (Å²) in [6, 6.07) is 0. The van der Waals surface area contributed by atoms with Gasteiger partial charge in [-0.3, -0.25) is 0 Å². The highest BCUT2D eigenvalue weighted by atomic mass is 16.6. The molecule has 5 heteroatoms. The van der Waals surface area contributed by atoms with Crippen molar-refractivity contribution in [1.29, 1.82) is 0 Å². The molecule has 5 nitrogen and oxygen atoms in total. The van der Waals surface area contributed by atoms with Crippen LogP contribution in [0.15, 0.2) is 24.3 Å². The van der Waals surface area contributed by atoms with E-state index in [-0.39, 0.29) is 18.0 Å². The van der Waals surface area contributed by atoms with Gasteiger partial charge < -0.3 is 14.6 Å². The number of hydrogen-bond acceptors (Lipinski definition) is 4. The molecule has 0 aromatic rings. The average molecular weight is 241 g/mol. The van der Waals surface area contributed by atoms with Crippen LogP contribution in [0.25, 0.3) is 0 Å². The molecule has 1 atom stereocenters. The van der Waals surface area contributed by atoms with Gasteiger partial charge in [0.15, 0.2) is 6.23 Å². The van der Waals surface area contributed by atoms with Crippen LogP contribution in [0.1, 0.15) is 27.7 Å². The molecule has 0 spiro atoms. The van der Waals surface area contributed by atoms with Crippen LogP contribution < -0.4 is 0 Å². The van der Waals surface area contributed by atoms with Crippen LogP contribution in [-0.4, -0.2) is 28.9 Å². The van der Waals surface area contributed by atoms with E-state index in [0.717, 1.165) is 0 Å². The lowest BCUT2D eigenvalue weighted by Gasteiger charge is -2.32. The molecule has 1 aliphatic heterocycles. The SMILES string of the molecule is C=CCOC(=O)N1C(C)=C(O)O[C@H]1C(C)(C)C. The van der Waals surface area contributed by atoms with Crippen LogP contribution in [0.4, 0.5) is 4.79 Å². The molecule has 1 heterocycles. The summed E-state index contributed by atoms with van der Waals surface area (Å²) in [5.74, 6) is -0.236. The lowest BCUT2D eigenvalue weighted by Crippen LogP contribution is -2.44. The van der Waals surface area contributed by atoms with Crippen LogP contribution in [-0.2, 0) is 9.47 Å². The van der Waals surface area contributed by atoms with E-state index in [4.69, 9.17) is 9.47 Å². The van der Waals surface area contributed by atoms with Gasteiger partial charge in [0.2, 0.25) is 0 Å². The van der Waals surface area contributed by atoms with Crippen molar-refractivity contribution in [3.63, 3.8) is 0 Å². The number of aliphatic hydroxyl groups is 1. The predicted molar refractivity (Wildman–Crippen MR) is 63.0 cm³/mol. The largest absolute Gasteiger partial charge is 0.480 e. The summed E-state index contributed by atoms with van der Waals surface area (Å²) in [7, 11) is 0. The molecule has 0 radical (unpaired) electrons. The fraction of sp³-hybridized carbons (Fsp3) is 0.583. The van der Waals surface area contributed by atoms with Crippen molar-refractivity contribution in [3.05, 3.63) is 24.3 Å². The molecule has 1 aliphatic rings. The summed E-state index contributed by atoms with van der Waals surface area (Å²) in [5, 5.41) is 9.56. The number of rotatable bonds is 2. The quantitative estimate of drug-likeness (QED) is 0.755. The maximum atomic E-state index is 11.8. The molecule has 96 valence electrons. The van der Waals surface area contributed by atoms with Crippen LogP contribution in [0.5, 0.6) is 0 Å². The van der Waals surface area contributed by atoms with Gasteiger partial charge >= 0.3 is 6.09 Å². The van der Waals surface area contributed by atoms with E-state index < -0.39 is 12.3 Å². The highest BCUT2D eigenvalue weighted by Crippen LogP contribution is 2.35. The molecule has 0 unspecified atom stereocenters. The standard InChI is InChI=1S/C12H19NO4/c1-6-7-16-11(15)13-8(2)9(14)17-10(13)12(3,4)5/h6,10,14H,1,7H2,2-5H3/t10-/m0/s1. The Labute approximate surface area is 101 Å². The zero-order valence-electron chi connectivity index (χ0n) is 10.7. The van der Waals surface area contributed by atoms with Crippen molar-refractivity contribution >= 4 is 6.09 Å². The Hall–Kier alpha value is -1.65. The van der Waals surface area contributed by atoms with Crippen molar-refractivity contribution < 1.29 is 19.4 Å². The number of allylic oxidation sites excluding steroid dienone is 1. The summed E-state index contributed by atoms with van der Waals surface area (Å²) in [5.41, 5.74) is 0.0258. The molecule has 0 fully saturated rings. The molecule has 1 rings (SSSR count). The monoisotopic (exact) mass is 241 g/mol. The normalized spacial score (nSPS) is 20.2. The van der Waals surface area contributed by atoms with Gasteiger partial charge in [0, 0.05) is 5.41 Å². The Balaban J connectivity index is 2.90. The van der Waals surface area contributed by atoms with E-state index in [9.17, 15) is 9.90 Å². The first-order chi connectivity index (χ1) is 7.79. The Bertz CT molecular complexity index is 354. The molecule has 0 aliphatic carbocycles. The van der Waals surface area contributed by atoms with Gasteiger partial charge in [-0.15, -0.1) is 0 Å². The van der Waals surface area contributed by atoms with Crippen LogP contribution in [0, 0.1) is 5.41 Å². The number of ether oxygens (including phenoxy) is 2. The number of carbonyl (C=O) groups excluding carboxylic acids is 1. The Morgan fingerprint density at radius 2 is 2.24 bits per heavy atom. The van der Waals surface area contributed by atoms with Crippen molar-refractivity contribution in [1.82, 2.24) is 4.90 Å². The summed E-state index contributed by atoms with van der Waals surface area (Å²) >= 11 is 0. The Morgan fingerprint density at radius 1 is 1.65 bits per heavy atom. The first-order valence-corrected chi connectivity index (χ1v) is 5.42. The van der Waals surface area contributed by atoms with E-state index in [1.54, 1.807) is 6.92 Å². The third-order valence-electron chi connectivity index (χ3n) is 2.39. The van der Waals surface area contributed by atoms with E-state index in [2.05, 4.69) is 6.58 Å². The summed E-state index contributed by atoms with van der Waals surface area (Å²) < 4.78 is 10.2. The van der Waals surface area contributed by atoms with E-state index >= 15 is 0 Å². The Kier molecular flexibility index (Phi) is 3.70. The van der Waals surface area contributed by atoms with Gasteiger partial charge in [-0.1, -0.05) is 33.4 Å². The zero-order chi connectivity index (χ0) is 13.2. The van der Waals surface area contributed by atoms with E-state index in [1.165, 1.54) is 11.0 Å². The second kappa shape index (κ2) is 4.69. The number of carbonyl (C=O) groups is 1. The number of nitrogens with zero attached hydrogens (tertiary/aromatic N) is 1. The topological polar surface area (TPSA) is 59.0 Å². The fourth-order valence-corrected chi connectivity index (χ4v) is 1.52. The predicted octanol–water partition coefficient (Wildman–Crippen LogP) is 2.76. The zero-order valence-corrected chi connectivity index (χ0v) is 10.7. The van der Waals surface area contributed by atoms with Crippen molar-refractivity contribution in [2.75, 3.05) is 6.61 Å². The minimum Gasteiger partial charge on any atom is -0.480 e. The fourth-order valence-electron chi connectivity index (χ4n) is 1.52. The third-order valence-corrected chi connectivity index (χ3v) is 2.39. The highest BCUT2D eigenvalue weighted by molar-refractivity contribution is 5.71. The van der Waals surface area contributed by atoms with Gasteiger partial charge in [-0.25, -0.2) is 9.69 Å². The maximum Gasteiger partial charge on any atom is 0.417 e. The molecular formula is C12H19NO4. The van der Waals surface area contributed by atoms with Gasteiger partial charge in [-0.2, -0.15) is 0 Å².